The first kappa shape index (κ1) is 12.4. The first-order valence-corrected chi connectivity index (χ1v) is 7.06. The van der Waals surface area contributed by atoms with Gasteiger partial charge in [0.15, 0.2) is 0 Å². The highest BCUT2D eigenvalue weighted by molar-refractivity contribution is 7.10. The van der Waals surface area contributed by atoms with Crippen LogP contribution in [0.5, 0.6) is 0 Å². The molecule has 1 aliphatic rings. The van der Waals surface area contributed by atoms with E-state index in [0.29, 0.717) is 12.0 Å². The lowest BCUT2D eigenvalue weighted by Gasteiger charge is -2.36. The molecule has 1 fully saturated rings. The molecule has 2 rings (SSSR count). The Labute approximate surface area is 106 Å². The largest absolute Gasteiger partial charge is 0.378 e. The maximum atomic E-state index is 6.16. The number of hydrogen-bond acceptors (Lipinski definition) is 3. The van der Waals surface area contributed by atoms with E-state index in [-0.39, 0.29) is 6.04 Å². The summed E-state index contributed by atoms with van der Waals surface area (Å²) in [5.41, 5.74) is 6.16. The van der Waals surface area contributed by atoms with Crippen LogP contribution < -0.4 is 5.73 Å². The predicted molar refractivity (Wildman–Crippen MR) is 69.0 cm³/mol. The Morgan fingerprint density at radius 2 is 2.38 bits per heavy atom. The standard InChI is InChI=1S/C12H18ClNOS/c1-2-15-9-5-8(6-9)7-11(14)12-10(13)3-4-16-12/h3-4,8-9,11H,2,5-7,14H2,1H3. The van der Waals surface area contributed by atoms with Crippen molar-refractivity contribution in [2.24, 2.45) is 11.7 Å². The summed E-state index contributed by atoms with van der Waals surface area (Å²) in [6.45, 7) is 2.87. The molecular weight excluding hydrogens is 242 g/mol. The van der Waals surface area contributed by atoms with Crippen molar-refractivity contribution in [3.63, 3.8) is 0 Å². The van der Waals surface area contributed by atoms with Crippen LogP contribution in [0.2, 0.25) is 5.02 Å². The molecule has 0 bridgehead atoms. The fourth-order valence-corrected chi connectivity index (χ4v) is 3.49. The SMILES string of the molecule is CCOC1CC(CC(N)c2sccc2Cl)C1. The number of nitrogens with two attached hydrogens (primary N) is 1. The smallest absolute Gasteiger partial charge is 0.0580 e. The molecule has 0 radical (unpaired) electrons. The third-order valence-electron chi connectivity index (χ3n) is 3.16. The van der Waals surface area contributed by atoms with Gasteiger partial charge in [-0.15, -0.1) is 11.3 Å². The zero-order valence-electron chi connectivity index (χ0n) is 9.49. The summed E-state index contributed by atoms with van der Waals surface area (Å²) < 4.78 is 5.54. The molecule has 16 heavy (non-hydrogen) atoms. The summed E-state index contributed by atoms with van der Waals surface area (Å²) in [6.07, 6.45) is 3.82. The van der Waals surface area contributed by atoms with E-state index in [2.05, 4.69) is 0 Å². The third-order valence-corrected chi connectivity index (χ3v) is 4.65. The minimum Gasteiger partial charge on any atom is -0.378 e. The van der Waals surface area contributed by atoms with E-state index >= 15 is 0 Å². The minimum absolute atomic E-state index is 0.0973. The van der Waals surface area contributed by atoms with Crippen molar-refractivity contribution < 1.29 is 4.74 Å². The molecule has 90 valence electrons. The summed E-state index contributed by atoms with van der Waals surface area (Å²) >= 11 is 7.72. The van der Waals surface area contributed by atoms with Crippen LogP contribution in [0.3, 0.4) is 0 Å². The van der Waals surface area contributed by atoms with Gasteiger partial charge in [-0.3, -0.25) is 0 Å². The van der Waals surface area contributed by atoms with Crippen molar-refractivity contribution in [2.45, 2.75) is 38.3 Å². The van der Waals surface area contributed by atoms with Crippen molar-refractivity contribution in [1.82, 2.24) is 0 Å². The Kier molecular flexibility index (Phi) is 4.25. The normalized spacial score (nSPS) is 26.4. The maximum Gasteiger partial charge on any atom is 0.0580 e. The summed E-state index contributed by atoms with van der Waals surface area (Å²) in [5, 5.41) is 2.82. The zero-order chi connectivity index (χ0) is 11.5. The molecule has 1 aromatic rings. The fourth-order valence-electron chi connectivity index (χ4n) is 2.27. The van der Waals surface area contributed by atoms with Gasteiger partial charge in [0.2, 0.25) is 0 Å². The Balaban J connectivity index is 1.77. The Hall–Kier alpha value is -0.0900. The van der Waals surface area contributed by atoms with Crippen molar-refractivity contribution in [3.8, 4) is 0 Å². The van der Waals surface area contributed by atoms with Gasteiger partial charge in [0.1, 0.15) is 0 Å². The number of thiophene rings is 1. The van der Waals surface area contributed by atoms with Gasteiger partial charge in [-0.05, 0) is 43.6 Å². The van der Waals surface area contributed by atoms with Gasteiger partial charge < -0.3 is 10.5 Å². The Bertz CT molecular complexity index is 336. The molecular formula is C12H18ClNOS. The summed E-state index contributed by atoms with van der Waals surface area (Å²) in [7, 11) is 0. The van der Waals surface area contributed by atoms with Gasteiger partial charge in [-0.2, -0.15) is 0 Å². The zero-order valence-corrected chi connectivity index (χ0v) is 11.1. The average Bonchev–Trinajstić information content (AvgIpc) is 2.61. The molecule has 0 saturated heterocycles. The summed E-state index contributed by atoms with van der Waals surface area (Å²) in [5.74, 6) is 0.713. The van der Waals surface area contributed by atoms with Gasteiger partial charge >= 0.3 is 0 Å². The van der Waals surface area contributed by atoms with Gasteiger partial charge in [0.25, 0.3) is 0 Å². The van der Waals surface area contributed by atoms with Crippen molar-refractivity contribution in [2.75, 3.05) is 6.61 Å². The lowest BCUT2D eigenvalue weighted by Crippen LogP contribution is -2.33. The Morgan fingerprint density at radius 3 is 2.94 bits per heavy atom. The maximum absolute atomic E-state index is 6.16. The number of hydrogen-bond donors (Lipinski definition) is 1. The molecule has 2 nitrogen and oxygen atoms in total. The van der Waals surface area contributed by atoms with Crippen molar-refractivity contribution in [1.29, 1.82) is 0 Å². The van der Waals surface area contributed by atoms with Gasteiger partial charge in [-0.1, -0.05) is 11.6 Å². The van der Waals surface area contributed by atoms with E-state index in [1.807, 2.05) is 18.4 Å². The number of halogens is 1. The second-order valence-corrected chi connectivity index (χ2v) is 5.74. The molecule has 0 amide bonds. The van der Waals surface area contributed by atoms with Crippen molar-refractivity contribution >= 4 is 22.9 Å². The van der Waals surface area contributed by atoms with E-state index in [1.54, 1.807) is 11.3 Å². The van der Waals surface area contributed by atoms with Crippen molar-refractivity contribution in [3.05, 3.63) is 21.3 Å². The summed E-state index contributed by atoms with van der Waals surface area (Å²) in [6, 6.07) is 2.02. The van der Waals surface area contributed by atoms with Gasteiger partial charge in [0, 0.05) is 17.5 Å². The molecule has 0 spiro atoms. The van der Waals surface area contributed by atoms with E-state index in [1.165, 1.54) is 0 Å². The second-order valence-electron chi connectivity index (χ2n) is 4.39. The quantitative estimate of drug-likeness (QED) is 0.877. The highest BCUT2D eigenvalue weighted by atomic mass is 35.5. The highest BCUT2D eigenvalue weighted by Gasteiger charge is 2.31. The summed E-state index contributed by atoms with van der Waals surface area (Å²) in [4.78, 5) is 1.13. The van der Waals surface area contributed by atoms with E-state index in [9.17, 15) is 0 Å². The van der Waals surface area contributed by atoms with Crippen LogP contribution in [-0.2, 0) is 4.74 Å². The predicted octanol–water partition coefficient (Wildman–Crippen LogP) is 3.61. The number of rotatable bonds is 5. The third kappa shape index (κ3) is 2.77. The second kappa shape index (κ2) is 5.50. The molecule has 1 saturated carbocycles. The minimum atomic E-state index is 0.0973. The lowest BCUT2D eigenvalue weighted by atomic mass is 9.78. The molecule has 4 heteroatoms. The van der Waals surface area contributed by atoms with Gasteiger partial charge in [-0.25, -0.2) is 0 Å². The van der Waals surface area contributed by atoms with Crippen LogP contribution in [0.25, 0.3) is 0 Å². The van der Waals surface area contributed by atoms with Crippen LogP contribution in [0.15, 0.2) is 11.4 Å². The molecule has 1 aromatic heterocycles. The average molecular weight is 260 g/mol. The molecule has 0 aromatic carbocycles. The first-order valence-electron chi connectivity index (χ1n) is 5.80. The van der Waals surface area contributed by atoms with E-state index in [4.69, 9.17) is 22.1 Å². The highest BCUT2D eigenvalue weighted by Crippen LogP contribution is 2.38. The van der Waals surface area contributed by atoms with E-state index in [0.717, 1.165) is 35.8 Å². The fraction of sp³-hybridized carbons (Fsp3) is 0.667. The van der Waals surface area contributed by atoms with Gasteiger partial charge in [0.05, 0.1) is 11.1 Å². The monoisotopic (exact) mass is 259 g/mol. The Morgan fingerprint density at radius 1 is 1.62 bits per heavy atom. The first-order chi connectivity index (χ1) is 7.70. The molecule has 2 N–H and O–H groups in total. The number of ether oxygens (including phenoxy) is 1. The van der Waals surface area contributed by atoms with Crippen LogP contribution in [-0.4, -0.2) is 12.7 Å². The lowest BCUT2D eigenvalue weighted by molar-refractivity contribution is -0.0281. The van der Waals surface area contributed by atoms with Crippen LogP contribution in [0.4, 0.5) is 0 Å². The molecule has 0 aliphatic heterocycles. The van der Waals surface area contributed by atoms with Crippen LogP contribution >= 0.6 is 22.9 Å². The molecule has 1 aliphatic carbocycles. The molecule has 1 atom stereocenters. The van der Waals surface area contributed by atoms with Crippen LogP contribution in [0.1, 0.15) is 37.1 Å². The molecule has 1 heterocycles. The molecule has 1 unspecified atom stereocenters. The van der Waals surface area contributed by atoms with E-state index < -0.39 is 0 Å². The topological polar surface area (TPSA) is 35.2 Å². The van der Waals surface area contributed by atoms with Crippen LogP contribution in [0, 0.1) is 5.92 Å².